The first-order valence-electron chi connectivity index (χ1n) is 12.3. The van der Waals surface area contributed by atoms with Crippen LogP contribution in [0.3, 0.4) is 0 Å². The number of carbonyl (C=O) groups excluding carboxylic acids is 3. The molecule has 1 fully saturated rings. The summed E-state index contributed by atoms with van der Waals surface area (Å²) in [5, 5.41) is 9.59. The molecule has 8 heteroatoms. The number of hydrogen-bond acceptors (Lipinski definition) is 5. The molecule has 0 aliphatic heterocycles. The van der Waals surface area contributed by atoms with E-state index in [1.165, 1.54) is 0 Å². The van der Waals surface area contributed by atoms with Crippen molar-refractivity contribution >= 4 is 23.5 Å². The molecule has 1 heterocycles. The summed E-state index contributed by atoms with van der Waals surface area (Å²) in [5.41, 5.74) is 1.78. The first-order chi connectivity index (χ1) is 16.4. The van der Waals surface area contributed by atoms with Crippen LogP contribution in [0.25, 0.3) is 0 Å². The maximum absolute atomic E-state index is 13.5. The SMILES string of the molecule is CCCCN(C(=O)CCC(=O)Nc1cc(C)on1)[C@@H](C(=O)NC1CCCC1)c1ccccc1C. The standard InChI is InChI=1S/C26H36N4O4/c1-4-5-16-30(24(32)15-14-23(31)28-22-17-19(3)34-29-22)25(21-13-9-6-10-18(21)2)26(33)27-20-11-7-8-12-20/h6,9-10,13,17,20,25H,4-5,7-8,11-12,14-16H2,1-3H3,(H,27,33)(H,28,29,31)/t25-/m1/s1. The fourth-order valence-corrected chi connectivity index (χ4v) is 4.42. The van der Waals surface area contributed by atoms with Gasteiger partial charge in [-0.3, -0.25) is 14.4 Å². The minimum atomic E-state index is -0.720. The van der Waals surface area contributed by atoms with Crippen LogP contribution in [0, 0.1) is 13.8 Å². The maximum atomic E-state index is 13.5. The number of unbranched alkanes of at least 4 members (excludes halogenated alkanes) is 1. The summed E-state index contributed by atoms with van der Waals surface area (Å²) in [6, 6.07) is 8.75. The van der Waals surface area contributed by atoms with Crippen molar-refractivity contribution in [2.75, 3.05) is 11.9 Å². The molecular formula is C26H36N4O4. The molecule has 184 valence electrons. The Balaban J connectivity index is 1.77. The molecule has 8 nitrogen and oxygen atoms in total. The predicted molar refractivity (Wildman–Crippen MR) is 130 cm³/mol. The smallest absolute Gasteiger partial charge is 0.247 e. The van der Waals surface area contributed by atoms with Crippen LogP contribution < -0.4 is 10.6 Å². The summed E-state index contributed by atoms with van der Waals surface area (Å²) in [4.78, 5) is 41.0. The Morgan fingerprint density at radius 3 is 2.53 bits per heavy atom. The number of aromatic nitrogens is 1. The van der Waals surface area contributed by atoms with Crippen molar-refractivity contribution in [3.8, 4) is 0 Å². The molecule has 1 aromatic heterocycles. The van der Waals surface area contributed by atoms with Crippen molar-refractivity contribution in [2.24, 2.45) is 0 Å². The van der Waals surface area contributed by atoms with Gasteiger partial charge in [-0.1, -0.05) is 55.6 Å². The first-order valence-corrected chi connectivity index (χ1v) is 12.3. The summed E-state index contributed by atoms with van der Waals surface area (Å²) >= 11 is 0. The molecule has 1 aliphatic rings. The molecule has 2 aromatic rings. The number of benzene rings is 1. The van der Waals surface area contributed by atoms with Gasteiger partial charge in [0.15, 0.2) is 5.82 Å². The summed E-state index contributed by atoms with van der Waals surface area (Å²) < 4.78 is 4.96. The topological polar surface area (TPSA) is 105 Å². The third kappa shape index (κ3) is 6.92. The van der Waals surface area contributed by atoms with Gasteiger partial charge in [-0.15, -0.1) is 0 Å². The molecule has 2 N–H and O–H groups in total. The molecule has 34 heavy (non-hydrogen) atoms. The van der Waals surface area contributed by atoms with Crippen LogP contribution >= 0.6 is 0 Å². The van der Waals surface area contributed by atoms with E-state index in [4.69, 9.17) is 4.52 Å². The minimum absolute atomic E-state index is 0.00188. The fourth-order valence-electron chi connectivity index (χ4n) is 4.42. The van der Waals surface area contributed by atoms with Crippen LogP contribution in [-0.2, 0) is 14.4 Å². The number of aryl methyl sites for hydroxylation is 2. The minimum Gasteiger partial charge on any atom is -0.360 e. The van der Waals surface area contributed by atoms with Crippen molar-refractivity contribution in [3.05, 3.63) is 47.2 Å². The van der Waals surface area contributed by atoms with Crippen LogP contribution in [0.5, 0.6) is 0 Å². The highest BCUT2D eigenvalue weighted by molar-refractivity contribution is 5.94. The van der Waals surface area contributed by atoms with Crippen molar-refractivity contribution in [1.29, 1.82) is 0 Å². The zero-order chi connectivity index (χ0) is 24.5. The summed E-state index contributed by atoms with van der Waals surface area (Å²) in [5.74, 6) is 0.237. The molecule has 1 saturated carbocycles. The Morgan fingerprint density at radius 2 is 1.88 bits per heavy atom. The second kappa shape index (κ2) is 12.3. The van der Waals surface area contributed by atoms with Gasteiger partial charge in [0.25, 0.3) is 0 Å². The zero-order valence-electron chi connectivity index (χ0n) is 20.4. The molecule has 1 atom stereocenters. The van der Waals surface area contributed by atoms with E-state index in [1.54, 1.807) is 17.9 Å². The maximum Gasteiger partial charge on any atom is 0.247 e. The number of anilines is 1. The zero-order valence-corrected chi connectivity index (χ0v) is 20.4. The van der Waals surface area contributed by atoms with E-state index in [0.29, 0.717) is 18.1 Å². The van der Waals surface area contributed by atoms with Gasteiger partial charge in [0.2, 0.25) is 17.7 Å². The molecule has 0 saturated heterocycles. The van der Waals surface area contributed by atoms with Crippen LogP contribution in [0.4, 0.5) is 5.82 Å². The highest BCUT2D eigenvalue weighted by Crippen LogP contribution is 2.27. The normalized spacial score (nSPS) is 14.6. The number of carbonyl (C=O) groups is 3. The Hall–Kier alpha value is -3.16. The van der Waals surface area contributed by atoms with Crippen molar-refractivity contribution in [3.63, 3.8) is 0 Å². The lowest BCUT2D eigenvalue weighted by Crippen LogP contribution is -2.46. The predicted octanol–water partition coefficient (Wildman–Crippen LogP) is 4.44. The molecule has 0 radical (unpaired) electrons. The Labute approximate surface area is 201 Å². The number of nitrogens with zero attached hydrogens (tertiary/aromatic N) is 2. The van der Waals surface area contributed by atoms with E-state index in [1.807, 2.05) is 31.2 Å². The monoisotopic (exact) mass is 468 g/mol. The van der Waals surface area contributed by atoms with Gasteiger partial charge in [-0.2, -0.15) is 0 Å². The van der Waals surface area contributed by atoms with Crippen LogP contribution in [-0.4, -0.2) is 40.4 Å². The van der Waals surface area contributed by atoms with E-state index in [-0.39, 0.29) is 36.6 Å². The van der Waals surface area contributed by atoms with Crippen molar-refractivity contribution in [1.82, 2.24) is 15.4 Å². The third-order valence-corrected chi connectivity index (χ3v) is 6.28. The third-order valence-electron chi connectivity index (χ3n) is 6.28. The van der Waals surface area contributed by atoms with E-state index in [2.05, 4.69) is 22.7 Å². The molecule has 3 amide bonds. The largest absolute Gasteiger partial charge is 0.360 e. The number of nitrogens with one attached hydrogen (secondary N) is 2. The van der Waals surface area contributed by atoms with Crippen LogP contribution in [0.15, 0.2) is 34.9 Å². The Bertz CT molecular complexity index is 981. The van der Waals surface area contributed by atoms with Gasteiger partial charge in [-0.05, 0) is 44.2 Å². The van der Waals surface area contributed by atoms with E-state index >= 15 is 0 Å². The lowest BCUT2D eigenvalue weighted by Gasteiger charge is -2.33. The quantitative estimate of drug-likeness (QED) is 0.507. The van der Waals surface area contributed by atoms with Gasteiger partial charge in [0.1, 0.15) is 11.8 Å². The molecule has 0 bridgehead atoms. The second-order valence-corrected chi connectivity index (χ2v) is 9.06. The van der Waals surface area contributed by atoms with E-state index in [9.17, 15) is 14.4 Å². The Kier molecular flexibility index (Phi) is 9.24. The van der Waals surface area contributed by atoms with Gasteiger partial charge in [-0.25, -0.2) is 0 Å². The summed E-state index contributed by atoms with van der Waals surface area (Å²) in [6.07, 6.45) is 5.82. The molecule has 1 aromatic carbocycles. The van der Waals surface area contributed by atoms with Crippen LogP contribution in [0.2, 0.25) is 0 Å². The van der Waals surface area contributed by atoms with Crippen LogP contribution in [0.1, 0.15) is 81.2 Å². The van der Waals surface area contributed by atoms with E-state index in [0.717, 1.165) is 49.7 Å². The first kappa shape index (κ1) is 25.5. The van der Waals surface area contributed by atoms with E-state index < -0.39 is 6.04 Å². The molecule has 0 spiro atoms. The van der Waals surface area contributed by atoms with Gasteiger partial charge < -0.3 is 20.1 Å². The number of amides is 3. The summed E-state index contributed by atoms with van der Waals surface area (Å²) in [7, 11) is 0. The highest BCUT2D eigenvalue weighted by atomic mass is 16.5. The Morgan fingerprint density at radius 1 is 1.15 bits per heavy atom. The lowest BCUT2D eigenvalue weighted by atomic mass is 9.97. The molecule has 3 rings (SSSR count). The van der Waals surface area contributed by atoms with Gasteiger partial charge in [0, 0.05) is 31.5 Å². The average Bonchev–Trinajstić information content (AvgIpc) is 3.47. The molecule has 0 unspecified atom stereocenters. The van der Waals surface area contributed by atoms with Crippen molar-refractivity contribution < 1.29 is 18.9 Å². The molecular weight excluding hydrogens is 432 g/mol. The average molecular weight is 469 g/mol. The second-order valence-electron chi connectivity index (χ2n) is 9.06. The van der Waals surface area contributed by atoms with Gasteiger partial charge in [0.05, 0.1) is 0 Å². The van der Waals surface area contributed by atoms with Gasteiger partial charge >= 0.3 is 0 Å². The van der Waals surface area contributed by atoms with Crippen molar-refractivity contribution in [2.45, 2.75) is 84.2 Å². The summed E-state index contributed by atoms with van der Waals surface area (Å²) in [6.45, 7) is 6.20. The molecule has 1 aliphatic carbocycles. The number of hydrogen-bond donors (Lipinski definition) is 2. The lowest BCUT2D eigenvalue weighted by molar-refractivity contribution is -0.141. The number of rotatable bonds is 11. The fraction of sp³-hybridized carbons (Fsp3) is 0.538. The highest BCUT2D eigenvalue weighted by Gasteiger charge is 2.33.